The number of hydrogen-bond acceptors (Lipinski definition) is 4. The van der Waals surface area contributed by atoms with Crippen molar-refractivity contribution in [2.45, 2.75) is 31.5 Å². The zero-order chi connectivity index (χ0) is 18.8. The molecule has 140 valence electrons. The Morgan fingerprint density at radius 2 is 2.15 bits per heavy atom. The molecule has 2 heterocycles. The average Bonchev–Trinajstić information content (AvgIpc) is 3.07. The number of aromatic nitrogens is 2. The quantitative estimate of drug-likeness (QED) is 0.704. The van der Waals surface area contributed by atoms with E-state index in [1.165, 1.54) is 0 Å². The van der Waals surface area contributed by atoms with Crippen LogP contribution >= 0.6 is 0 Å². The first-order valence-corrected chi connectivity index (χ1v) is 9.14. The van der Waals surface area contributed by atoms with E-state index < -0.39 is 0 Å². The molecule has 2 aromatic heterocycles. The van der Waals surface area contributed by atoms with Crippen molar-refractivity contribution in [1.82, 2.24) is 14.9 Å². The molecule has 0 saturated heterocycles. The van der Waals surface area contributed by atoms with Crippen molar-refractivity contribution in [3.63, 3.8) is 0 Å². The van der Waals surface area contributed by atoms with Crippen molar-refractivity contribution in [2.75, 3.05) is 7.11 Å². The van der Waals surface area contributed by atoms with Gasteiger partial charge in [0, 0.05) is 17.9 Å². The largest absolute Gasteiger partial charge is 0.495 e. The highest BCUT2D eigenvalue weighted by atomic mass is 16.5. The Hall–Kier alpha value is -2.86. The smallest absolute Gasteiger partial charge is 0.240 e. The molecule has 0 aliphatic heterocycles. The number of carbonyl (C=O) groups excluding carboxylic acids is 1. The summed E-state index contributed by atoms with van der Waals surface area (Å²) in [6, 6.07) is 11.7. The van der Waals surface area contributed by atoms with E-state index in [9.17, 15) is 9.90 Å². The Morgan fingerprint density at radius 3 is 2.93 bits per heavy atom. The average molecular weight is 365 g/mol. The third-order valence-corrected chi connectivity index (χ3v) is 5.26. The fraction of sp³-hybridized carbons (Fsp3) is 0.333. The minimum atomic E-state index is -0.290. The number of para-hydroxylation sites is 1. The Balaban J connectivity index is 1.53. The van der Waals surface area contributed by atoms with Gasteiger partial charge in [-0.15, -0.1) is 0 Å². The van der Waals surface area contributed by atoms with E-state index in [1.807, 2.05) is 47.2 Å². The second-order valence-corrected chi connectivity index (χ2v) is 7.09. The molecule has 3 aromatic rings. The molecule has 6 heteroatoms. The first kappa shape index (κ1) is 17.5. The molecule has 1 atom stereocenters. The number of pyridine rings is 1. The Kier molecular flexibility index (Phi) is 4.81. The lowest BCUT2D eigenvalue weighted by Crippen LogP contribution is -2.42. The van der Waals surface area contributed by atoms with Gasteiger partial charge >= 0.3 is 0 Å². The lowest BCUT2D eigenvalue weighted by Gasteiger charge is -2.38. The summed E-state index contributed by atoms with van der Waals surface area (Å²) in [6.07, 6.45) is 6.39. The van der Waals surface area contributed by atoms with E-state index in [2.05, 4.69) is 10.3 Å². The molecule has 1 aromatic carbocycles. The van der Waals surface area contributed by atoms with E-state index in [0.29, 0.717) is 18.6 Å². The zero-order valence-electron chi connectivity index (χ0n) is 15.2. The van der Waals surface area contributed by atoms with Gasteiger partial charge in [-0.3, -0.25) is 9.78 Å². The maximum absolute atomic E-state index is 12.8. The van der Waals surface area contributed by atoms with Crippen LogP contribution in [-0.4, -0.2) is 33.8 Å². The number of rotatable bonds is 6. The Bertz CT molecular complexity index is 947. The summed E-state index contributed by atoms with van der Waals surface area (Å²) in [4.78, 5) is 17.0. The fourth-order valence-corrected chi connectivity index (χ4v) is 3.75. The summed E-state index contributed by atoms with van der Waals surface area (Å²) in [5.74, 6) is 0.785. The van der Waals surface area contributed by atoms with E-state index >= 15 is 0 Å². The van der Waals surface area contributed by atoms with Crippen LogP contribution in [0.2, 0.25) is 0 Å². The van der Waals surface area contributed by atoms with Crippen LogP contribution in [0.1, 0.15) is 24.4 Å². The van der Waals surface area contributed by atoms with Gasteiger partial charge in [-0.25, -0.2) is 0 Å². The second-order valence-electron chi connectivity index (χ2n) is 7.09. The van der Waals surface area contributed by atoms with E-state index in [-0.39, 0.29) is 30.5 Å². The van der Waals surface area contributed by atoms with Crippen LogP contribution in [-0.2, 0) is 11.3 Å². The number of aliphatic hydroxyl groups excluding tert-OH is 1. The van der Waals surface area contributed by atoms with Crippen LogP contribution in [0.5, 0.6) is 5.75 Å². The SMILES string of the molecule is COc1cncc([C@H](NC(=O)Cn2ccc3ccccc32)C2CC(O)C2)c1. The molecule has 27 heavy (non-hydrogen) atoms. The molecule has 6 nitrogen and oxygen atoms in total. The van der Waals surface area contributed by atoms with Crippen LogP contribution in [0.25, 0.3) is 10.9 Å². The van der Waals surface area contributed by atoms with Gasteiger partial charge in [0.1, 0.15) is 12.3 Å². The Labute approximate surface area is 157 Å². The summed E-state index contributed by atoms with van der Waals surface area (Å²) in [7, 11) is 1.60. The molecule has 1 amide bonds. The van der Waals surface area contributed by atoms with Crippen molar-refractivity contribution in [1.29, 1.82) is 0 Å². The number of nitrogens with one attached hydrogen (secondary N) is 1. The van der Waals surface area contributed by atoms with E-state index in [4.69, 9.17) is 4.74 Å². The molecule has 1 aliphatic carbocycles. The van der Waals surface area contributed by atoms with Crippen LogP contribution in [0, 0.1) is 5.92 Å². The minimum absolute atomic E-state index is 0.0643. The van der Waals surface area contributed by atoms with Crippen molar-refractivity contribution < 1.29 is 14.6 Å². The van der Waals surface area contributed by atoms with Gasteiger partial charge in [-0.05, 0) is 47.9 Å². The Morgan fingerprint density at radius 1 is 1.33 bits per heavy atom. The maximum Gasteiger partial charge on any atom is 0.240 e. The van der Waals surface area contributed by atoms with Crippen LogP contribution in [0.4, 0.5) is 0 Å². The normalized spacial score (nSPS) is 20.1. The number of carbonyl (C=O) groups is 1. The van der Waals surface area contributed by atoms with Crippen LogP contribution in [0.3, 0.4) is 0 Å². The van der Waals surface area contributed by atoms with Gasteiger partial charge in [-0.1, -0.05) is 18.2 Å². The number of nitrogens with zero attached hydrogens (tertiary/aromatic N) is 2. The number of hydrogen-bond donors (Lipinski definition) is 2. The predicted molar refractivity (Wildman–Crippen MR) is 102 cm³/mol. The molecule has 1 fully saturated rings. The summed E-state index contributed by atoms with van der Waals surface area (Å²) in [5.41, 5.74) is 1.93. The fourth-order valence-electron chi connectivity index (χ4n) is 3.75. The lowest BCUT2D eigenvalue weighted by molar-refractivity contribution is -0.123. The molecule has 1 aliphatic rings. The van der Waals surface area contributed by atoms with Gasteiger partial charge in [0.15, 0.2) is 0 Å². The van der Waals surface area contributed by atoms with Crippen molar-refractivity contribution >= 4 is 16.8 Å². The molecule has 0 unspecified atom stereocenters. The first-order valence-electron chi connectivity index (χ1n) is 9.14. The van der Waals surface area contributed by atoms with Crippen molar-refractivity contribution in [2.24, 2.45) is 5.92 Å². The zero-order valence-corrected chi connectivity index (χ0v) is 15.2. The van der Waals surface area contributed by atoms with Crippen LogP contribution in [0.15, 0.2) is 55.0 Å². The number of aliphatic hydroxyl groups is 1. The summed E-state index contributed by atoms with van der Waals surface area (Å²) in [5, 5.41) is 14.0. The number of methoxy groups -OCH3 is 1. The molecule has 0 bridgehead atoms. The molecule has 0 spiro atoms. The third-order valence-electron chi connectivity index (χ3n) is 5.26. The van der Waals surface area contributed by atoms with Gasteiger partial charge in [0.25, 0.3) is 0 Å². The molecule has 0 radical (unpaired) electrons. The second kappa shape index (κ2) is 7.40. The molecular formula is C21H23N3O3. The minimum Gasteiger partial charge on any atom is -0.495 e. The van der Waals surface area contributed by atoms with Crippen molar-refractivity contribution in [3.8, 4) is 5.75 Å². The topological polar surface area (TPSA) is 76.4 Å². The van der Waals surface area contributed by atoms with Gasteiger partial charge in [-0.2, -0.15) is 0 Å². The van der Waals surface area contributed by atoms with Gasteiger partial charge in [0.05, 0.1) is 25.5 Å². The van der Waals surface area contributed by atoms with E-state index in [1.54, 1.807) is 19.5 Å². The summed E-state index contributed by atoms with van der Waals surface area (Å²) in [6.45, 7) is 0.247. The van der Waals surface area contributed by atoms with Crippen molar-refractivity contribution in [3.05, 3.63) is 60.6 Å². The highest BCUT2D eigenvalue weighted by Gasteiger charge is 2.36. The van der Waals surface area contributed by atoms with E-state index in [0.717, 1.165) is 16.5 Å². The predicted octanol–water partition coefficient (Wildman–Crippen LogP) is 2.67. The molecule has 2 N–H and O–H groups in total. The van der Waals surface area contributed by atoms with Gasteiger partial charge in [0.2, 0.25) is 5.91 Å². The number of ether oxygens (including phenoxy) is 1. The highest BCUT2D eigenvalue weighted by molar-refractivity contribution is 5.83. The highest BCUT2D eigenvalue weighted by Crippen LogP contribution is 2.38. The third kappa shape index (κ3) is 3.66. The first-order chi connectivity index (χ1) is 13.1. The van der Waals surface area contributed by atoms with Gasteiger partial charge < -0.3 is 19.7 Å². The summed E-state index contributed by atoms with van der Waals surface area (Å²) >= 11 is 0. The lowest BCUT2D eigenvalue weighted by atomic mass is 9.75. The monoisotopic (exact) mass is 365 g/mol. The molecule has 4 rings (SSSR count). The maximum atomic E-state index is 12.8. The molecule has 1 saturated carbocycles. The standard InChI is InChI=1S/C21H23N3O3/c1-27-18-10-16(11-22-12-18)21(15-8-17(25)9-15)23-20(26)13-24-7-6-14-4-2-3-5-19(14)24/h2-7,10-12,15,17,21,25H,8-9,13H2,1H3,(H,23,26)/t15?,17?,21-/m1/s1. The molecular weight excluding hydrogens is 342 g/mol. The number of benzene rings is 1. The summed E-state index contributed by atoms with van der Waals surface area (Å²) < 4.78 is 7.21. The number of fused-ring (bicyclic) bond motifs is 1. The number of amides is 1. The van der Waals surface area contributed by atoms with Crippen LogP contribution < -0.4 is 10.1 Å².